The van der Waals surface area contributed by atoms with E-state index >= 15 is 0 Å². The minimum absolute atomic E-state index is 0.307. The molecule has 4 nitrogen and oxygen atoms in total. The van der Waals surface area contributed by atoms with Crippen molar-refractivity contribution in [2.45, 2.75) is 38.7 Å². The molecule has 0 spiro atoms. The second-order valence-corrected chi connectivity index (χ2v) is 6.35. The average molecular weight is 301 g/mol. The Morgan fingerprint density at radius 2 is 1.86 bits per heavy atom. The van der Waals surface area contributed by atoms with Crippen molar-refractivity contribution in [3.63, 3.8) is 0 Å². The zero-order valence-electron chi connectivity index (χ0n) is 14.0. The lowest BCUT2D eigenvalue weighted by Gasteiger charge is -2.17. The summed E-state index contributed by atoms with van der Waals surface area (Å²) in [6.07, 6.45) is 3.11. The van der Waals surface area contributed by atoms with Gasteiger partial charge in [0.25, 0.3) is 0 Å². The molecule has 0 aliphatic heterocycles. The molecule has 1 N–H and O–H groups in total. The van der Waals surface area contributed by atoms with Crippen LogP contribution in [0.3, 0.4) is 0 Å². The van der Waals surface area contributed by atoms with Gasteiger partial charge in [-0.1, -0.05) is 32.0 Å². The summed E-state index contributed by atoms with van der Waals surface area (Å²) < 4.78 is 1.95. The van der Waals surface area contributed by atoms with Gasteiger partial charge >= 0.3 is 0 Å². The first-order chi connectivity index (χ1) is 10.5. The summed E-state index contributed by atoms with van der Waals surface area (Å²) >= 11 is 0. The van der Waals surface area contributed by atoms with E-state index < -0.39 is 6.10 Å². The van der Waals surface area contributed by atoms with Gasteiger partial charge in [-0.2, -0.15) is 5.10 Å². The van der Waals surface area contributed by atoms with Crippen LogP contribution in [0.25, 0.3) is 5.69 Å². The SMILES string of the molecule is CC(C)c1c(C(O)CCCN(C)C)cnn1-c1ccccc1. The molecule has 0 bridgehead atoms. The third-order valence-electron chi connectivity index (χ3n) is 3.83. The first-order valence-electron chi connectivity index (χ1n) is 7.96. The van der Waals surface area contributed by atoms with Gasteiger partial charge in [0, 0.05) is 5.56 Å². The van der Waals surface area contributed by atoms with E-state index in [4.69, 9.17) is 0 Å². The van der Waals surface area contributed by atoms with Crippen molar-refractivity contribution in [3.8, 4) is 5.69 Å². The predicted octanol–water partition coefficient (Wildman–Crippen LogP) is 3.37. The van der Waals surface area contributed by atoms with Gasteiger partial charge in [-0.15, -0.1) is 0 Å². The third-order valence-corrected chi connectivity index (χ3v) is 3.83. The van der Waals surface area contributed by atoms with Crippen molar-refractivity contribution in [1.82, 2.24) is 14.7 Å². The van der Waals surface area contributed by atoms with Crippen LogP contribution in [0, 0.1) is 0 Å². The molecule has 2 rings (SSSR count). The van der Waals surface area contributed by atoms with Crippen LogP contribution in [0.4, 0.5) is 0 Å². The molecule has 0 fully saturated rings. The van der Waals surface area contributed by atoms with E-state index in [0.29, 0.717) is 5.92 Å². The monoisotopic (exact) mass is 301 g/mol. The zero-order valence-corrected chi connectivity index (χ0v) is 14.0. The van der Waals surface area contributed by atoms with E-state index in [1.807, 2.05) is 41.2 Å². The summed E-state index contributed by atoms with van der Waals surface area (Å²) in [6, 6.07) is 10.1. The lowest BCUT2D eigenvalue weighted by molar-refractivity contribution is 0.159. The van der Waals surface area contributed by atoms with Crippen molar-refractivity contribution >= 4 is 0 Å². The summed E-state index contributed by atoms with van der Waals surface area (Å²) in [6.45, 7) is 5.28. The summed E-state index contributed by atoms with van der Waals surface area (Å²) in [5.41, 5.74) is 3.10. The van der Waals surface area contributed by atoms with E-state index in [0.717, 1.165) is 36.3 Å². The maximum absolute atomic E-state index is 10.6. The number of nitrogens with zero attached hydrogens (tertiary/aromatic N) is 3. The fourth-order valence-corrected chi connectivity index (χ4v) is 2.74. The maximum Gasteiger partial charge on any atom is 0.0824 e. The van der Waals surface area contributed by atoms with Crippen molar-refractivity contribution in [2.24, 2.45) is 0 Å². The number of para-hydroxylation sites is 1. The van der Waals surface area contributed by atoms with Gasteiger partial charge in [0.1, 0.15) is 0 Å². The molecule has 0 aliphatic rings. The molecule has 0 saturated heterocycles. The van der Waals surface area contributed by atoms with E-state index in [2.05, 4.69) is 37.9 Å². The topological polar surface area (TPSA) is 41.3 Å². The molecule has 0 aliphatic carbocycles. The molecule has 1 aromatic heterocycles. The van der Waals surface area contributed by atoms with E-state index in [9.17, 15) is 5.11 Å². The molecule has 1 unspecified atom stereocenters. The molecule has 120 valence electrons. The van der Waals surface area contributed by atoms with Gasteiger partial charge in [0.15, 0.2) is 0 Å². The molecule has 1 aromatic carbocycles. The lowest BCUT2D eigenvalue weighted by Crippen LogP contribution is -2.14. The molecular weight excluding hydrogens is 274 g/mol. The first kappa shape index (κ1) is 16.7. The highest BCUT2D eigenvalue weighted by Crippen LogP contribution is 2.29. The molecule has 0 radical (unpaired) electrons. The maximum atomic E-state index is 10.6. The van der Waals surface area contributed by atoms with E-state index in [1.165, 1.54) is 0 Å². The summed E-state index contributed by atoms with van der Waals surface area (Å²) in [7, 11) is 4.11. The average Bonchev–Trinajstić information content (AvgIpc) is 2.92. The van der Waals surface area contributed by atoms with Gasteiger partial charge < -0.3 is 10.0 Å². The van der Waals surface area contributed by atoms with Crippen LogP contribution < -0.4 is 0 Å². The quantitative estimate of drug-likeness (QED) is 0.852. The molecular formula is C18H27N3O. The highest BCUT2D eigenvalue weighted by molar-refractivity contribution is 5.36. The van der Waals surface area contributed by atoms with Crippen molar-refractivity contribution in [3.05, 3.63) is 47.8 Å². The Morgan fingerprint density at radius 3 is 2.45 bits per heavy atom. The normalized spacial score (nSPS) is 13.0. The van der Waals surface area contributed by atoms with E-state index in [1.54, 1.807) is 0 Å². The minimum Gasteiger partial charge on any atom is -0.388 e. The Balaban J connectivity index is 2.24. The van der Waals surface area contributed by atoms with E-state index in [-0.39, 0.29) is 0 Å². The number of aliphatic hydroxyl groups excluding tert-OH is 1. The Morgan fingerprint density at radius 1 is 1.18 bits per heavy atom. The Hall–Kier alpha value is -1.65. The van der Waals surface area contributed by atoms with Crippen molar-refractivity contribution < 1.29 is 5.11 Å². The fraction of sp³-hybridized carbons (Fsp3) is 0.500. The Labute approximate surface area is 133 Å². The van der Waals surface area contributed by atoms with Crippen LogP contribution in [0.1, 0.15) is 50.0 Å². The van der Waals surface area contributed by atoms with Gasteiger partial charge in [-0.05, 0) is 51.5 Å². The molecule has 4 heteroatoms. The second kappa shape index (κ2) is 7.56. The van der Waals surface area contributed by atoms with Crippen LogP contribution in [0.15, 0.2) is 36.5 Å². The largest absolute Gasteiger partial charge is 0.388 e. The zero-order chi connectivity index (χ0) is 16.1. The summed E-state index contributed by atoms with van der Waals surface area (Å²) in [5.74, 6) is 0.307. The molecule has 1 atom stereocenters. The minimum atomic E-state index is -0.449. The molecule has 0 amide bonds. The lowest BCUT2D eigenvalue weighted by atomic mass is 9.99. The highest BCUT2D eigenvalue weighted by Gasteiger charge is 2.20. The van der Waals surface area contributed by atoms with Crippen LogP contribution in [0.5, 0.6) is 0 Å². The third kappa shape index (κ3) is 3.96. The number of hydrogen-bond donors (Lipinski definition) is 1. The Kier molecular flexibility index (Phi) is 5.75. The van der Waals surface area contributed by atoms with Crippen molar-refractivity contribution in [2.75, 3.05) is 20.6 Å². The summed E-state index contributed by atoms with van der Waals surface area (Å²) in [5, 5.41) is 15.1. The Bertz CT molecular complexity index is 575. The number of hydrogen-bond acceptors (Lipinski definition) is 3. The van der Waals surface area contributed by atoms with Gasteiger partial charge in [0.2, 0.25) is 0 Å². The highest BCUT2D eigenvalue weighted by atomic mass is 16.3. The van der Waals surface area contributed by atoms with Crippen LogP contribution in [-0.2, 0) is 0 Å². The standard InChI is InChI=1S/C18H27N3O/c1-14(2)18-16(17(22)11-8-12-20(3)4)13-19-21(18)15-9-6-5-7-10-15/h5-7,9-10,13-14,17,22H,8,11-12H2,1-4H3. The molecule has 1 heterocycles. The number of rotatable bonds is 7. The van der Waals surface area contributed by atoms with Gasteiger partial charge in [0.05, 0.1) is 23.7 Å². The van der Waals surface area contributed by atoms with Gasteiger partial charge in [-0.25, -0.2) is 4.68 Å². The molecule has 22 heavy (non-hydrogen) atoms. The molecule has 0 saturated carbocycles. The van der Waals surface area contributed by atoms with Crippen LogP contribution in [0.2, 0.25) is 0 Å². The van der Waals surface area contributed by atoms with Crippen molar-refractivity contribution in [1.29, 1.82) is 0 Å². The fourth-order valence-electron chi connectivity index (χ4n) is 2.74. The number of benzene rings is 1. The first-order valence-corrected chi connectivity index (χ1v) is 7.96. The van der Waals surface area contributed by atoms with Gasteiger partial charge in [-0.3, -0.25) is 0 Å². The predicted molar refractivity (Wildman–Crippen MR) is 90.4 cm³/mol. The number of aromatic nitrogens is 2. The molecule has 2 aromatic rings. The number of aliphatic hydroxyl groups is 1. The van der Waals surface area contributed by atoms with Crippen LogP contribution >= 0.6 is 0 Å². The second-order valence-electron chi connectivity index (χ2n) is 6.35. The van der Waals surface area contributed by atoms with Crippen LogP contribution in [-0.4, -0.2) is 40.4 Å². The summed E-state index contributed by atoms with van der Waals surface area (Å²) in [4.78, 5) is 2.14. The smallest absolute Gasteiger partial charge is 0.0824 e.